The van der Waals surface area contributed by atoms with Gasteiger partial charge in [-0.15, -0.1) is 0 Å². The number of methoxy groups -OCH3 is 1. The van der Waals surface area contributed by atoms with E-state index in [4.69, 9.17) is 11.3 Å². The van der Waals surface area contributed by atoms with Crippen molar-refractivity contribution in [3.63, 3.8) is 0 Å². The number of ketones is 1. The van der Waals surface area contributed by atoms with Gasteiger partial charge in [0.2, 0.25) is 0 Å². The number of hydrogen-bond acceptors (Lipinski definition) is 3. The first-order valence-electron chi connectivity index (χ1n) is 14.5. The zero-order valence-corrected chi connectivity index (χ0v) is 24.2. The Hall–Kier alpha value is -1.40. The van der Waals surface area contributed by atoms with Crippen LogP contribution in [-0.2, 0) is 9.53 Å². The highest BCUT2D eigenvalue weighted by Crippen LogP contribution is 2.77. The molecular weight excluding hydrogens is 442 g/mol. The molecular formula is C33H49NO2. The van der Waals surface area contributed by atoms with Gasteiger partial charge >= 0.3 is 0 Å². The molecule has 0 bridgehead atoms. The predicted molar refractivity (Wildman–Crippen MR) is 145 cm³/mol. The number of carbonyl (C=O) groups excluding carboxylic acids is 1. The van der Waals surface area contributed by atoms with Gasteiger partial charge in [0.1, 0.15) is 6.07 Å². The molecule has 0 aliphatic heterocycles. The molecule has 0 aromatic heterocycles. The largest absolute Gasteiger partial charge is 0.384 e. The first kappa shape index (κ1) is 26.2. The zero-order valence-electron chi connectivity index (χ0n) is 24.2. The van der Waals surface area contributed by atoms with Crippen molar-refractivity contribution in [2.24, 2.45) is 56.2 Å². The fourth-order valence-electron chi connectivity index (χ4n) is 11.2. The van der Waals surface area contributed by atoms with Crippen molar-refractivity contribution in [1.29, 1.82) is 5.26 Å². The summed E-state index contributed by atoms with van der Waals surface area (Å²) in [6, 6.07) is 2.29. The fraction of sp³-hybridized carbons (Fsp3) is 0.818. The molecule has 8 atom stereocenters. The highest BCUT2D eigenvalue weighted by Gasteiger charge is 2.70. The van der Waals surface area contributed by atoms with Crippen LogP contribution in [0.5, 0.6) is 0 Å². The van der Waals surface area contributed by atoms with Crippen molar-refractivity contribution in [2.75, 3.05) is 13.7 Å². The summed E-state index contributed by atoms with van der Waals surface area (Å²) in [4.78, 5) is 13.3. The van der Waals surface area contributed by atoms with Crippen molar-refractivity contribution >= 4 is 5.78 Å². The molecule has 5 aliphatic rings. The van der Waals surface area contributed by atoms with Crippen LogP contribution in [-0.4, -0.2) is 19.5 Å². The van der Waals surface area contributed by atoms with E-state index in [9.17, 15) is 10.1 Å². The number of nitriles is 1. The molecule has 0 N–H and O–H groups in total. The van der Waals surface area contributed by atoms with Crippen LogP contribution in [0.25, 0.3) is 0 Å². The smallest absolute Gasteiger partial charge is 0.178 e. The van der Waals surface area contributed by atoms with Gasteiger partial charge in [-0.1, -0.05) is 66.7 Å². The lowest BCUT2D eigenvalue weighted by Crippen LogP contribution is -2.67. The van der Waals surface area contributed by atoms with Gasteiger partial charge in [0.05, 0.1) is 12.2 Å². The number of fused-ring (bicyclic) bond motifs is 7. The third kappa shape index (κ3) is 3.15. The Morgan fingerprint density at radius 2 is 1.67 bits per heavy atom. The molecule has 3 heteroatoms. The first-order valence-corrected chi connectivity index (χ1v) is 14.5. The molecule has 198 valence electrons. The monoisotopic (exact) mass is 491 g/mol. The third-order valence-electron chi connectivity index (χ3n) is 13.2. The molecule has 3 nitrogen and oxygen atoms in total. The molecule has 0 radical (unpaired) electrons. The van der Waals surface area contributed by atoms with Crippen LogP contribution >= 0.6 is 0 Å². The number of nitrogens with zero attached hydrogens (tertiary/aromatic N) is 1. The number of allylic oxidation sites excluding steroid dienone is 3. The van der Waals surface area contributed by atoms with Gasteiger partial charge in [0.15, 0.2) is 5.78 Å². The lowest BCUT2D eigenvalue weighted by molar-refractivity contribution is -0.217. The van der Waals surface area contributed by atoms with Crippen LogP contribution in [0.1, 0.15) is 99.8 Å². The molecule has 0 aromatic rings. The number of hydrogen-bond donors (Lipinski definition) is 0. The van der Waals surface area contributed by atoms with E-state index in [1.165, 1.54) is 37.7 Å². The molecule has 3 unspecified atom stereocenters. The molecule has 5 aliphatic carbocycles. The lowest BCUT2D eigenvalue weighted by atomic mass is 9.31. The summed E-state index contributed by atoms with van der Waals surface area (Å²) in [5, 5.41) is 9.94. The molecule has 36 heavy (non-hydrogen) atoms. The minimum Gasteiger partial charge on any atom is -0.384 e. The highest BCUT2D eigenvalue weighted by molar-refractivity contribution is 6.04. The second-order valence-electron chi connectivity index (χ2n) is 15.7. The molecule has 0 amide bonds. The van der Waals surface area contributed by atoms with Crippen LogP contribution in [0.4, 0.5) is 0 Å². The lowest BCUT2D eigenvalue weighted by Gasteiger charge is -2.73. The summed E-state index contributed by atoms with van der Waals surface area (Å²) in [6.07, 6.45) is 11.6. The van der Waals surface area contributed by atoms with Gasteiger partial charge < -0.3 is 4.74 Å². The highest BCUT2D eigenvalue weighted by atomic mass is 16.5. The predicted octanol–water partition coefficient (Wildman–Crippen LogP) is 7.92. The average Bonchev–Trinajstić information content (AvgIpc) is 2.79. The summed E-state index contributed by atoms with van der Waals surface area (Å²) in [5.41, 5.74) is 2.11. The maximum Gasteiger partial charge on any atom is 0.178 e. The molecule has 5 rings (SSSR count). The Bertz CT molecular complexity index is 1060. The van der Waals surface area contributed by atoms with Crippen LogP contribution in [0, 0.1) is 67.5 Å². The fourth-order valence-corrected chi connectivity index (χ4v) is 11.2. The molecule has 0 heterocycles. The minimum absolute atomic E-state index is 0.0428. The summed E-state index contributed by atoms with van der Waals surface area (Å²) in [5.74, 6) is 1.84. The number of ether oxygens (including phenoxy) is 1. The second kappa shape index (κ2) is 7.81. The van der Waals surface area contributed by atoms with E-state index in [0.29, 0.717) is 28.7 Å². The zero-order chi connectivity index (χ0) is 26.5. The SMILES string of the molecule is C=C1C[C@H]2C(C)(CC[C@H]3C(C)(C)C(=O)C(C#N)=C[C@@]32C)[C@]2(C)CC[C@@]3(COC)CCC(C)(C)CC3C12. The average molecular weight is 492 g/mol. The molecule has 0 saturated heterocycles. The maximum absolute atomic E-state index is 13.3. The van der Waals surface area contributed by atoms with E-state index in [1.807, 2.05) is 7.11 Å². The maximum atomic E-state index is 13.3. The van der Waals surface area contributed by atoms with Crippen molar-refractivity contribution < 1.29 is 9.53 Å². The Morgan fingerprint density at radius 1 is 1.00 bits per heavy atom. The summed E-state index contributed by atoms with van der Waals surface area (Å²) in [6.45, 7) is 22.4. The van der Waals surface area contributed by atoms with Crippen molar-refractivity contribution in [3.05, 3.63) is 23.8 Å². The quantitative estimate of drug-likeness (QED) is 0.369. The number of rotatable bonds is 2. The number of carbonyl (C=O) groups is 1. The Labute approximate surface area is 220 Å². The molecule has 0 spiro atoms. The van der Waals surface area contributed by atoms with Crippen LogP contribution < -0.4 is 0 Å². The normalized spacial score (nSPS) is 49.0. The van der Waals surface area contributed by atoms with Gasteiger partial charge in [-0.25, -0.2) is 0 Å². The molecule has 4 saturated carbocycles. The van der Waals surface area contributed by atoms with E-state index in [-0.39, 0.29) is 33.4 Å². The minimum atomic E-state index is -0.497. The van der Waals surface area contributed by atoms with Gasteiger partial charge in [-0.2, -0.15) is 5.26 Å². The van der Waals surface area contributed by atoms with Gasteiger partial charge in [0.25, 0.3) is 0 Å². The van der Waals surface area contributed by atoms with E-state index in [1.54, 1.807) is 0 Å². The summed E-state index contributed by atoms with van der Waals surface area (Å²) < 4.78 is 5.93. The van der Waals surface area contributed by atoms with Gasteiger partial charge in [-0.3, -0.25) is 4.79 Å². The van der Waals surface area contributed by atoms with E-state index in [0.717, 1.165) is 25.9 Å². The van der Waals surface area contributed by atoms with Crippen LogP contribution in [0.2, 0.25) is 0 Å². The second-order valence-corrected chi connectivity index (χ2v) is 15.7. The van der Waals surface area contributed by atoms with Gasteiger partial charge in [0, 0.05) is 12.5 Å². The van der Waals surface area contributed by atoms with Crippen LogP contribution in [0.3, 0.4) is 0 Å². The Balaban J connectivity index is 1.63. The Morgan fingerprint density at radius 3 is 2.31 bits per heavy atom. The van der Waals surface area contributed by atoms with E-state index in [2.05, 4.69) is 60.6 Å². The summed E-state index contributed by atoms with van der Waals surface area (Å²) >= 11 is 0. The topological polar surface area (TPSA) is 50.1 Å². The standard InChI is InChI=1S/C33H49NO2/c1-21-16-25-30(6)17-22(19-34)27(35)29(4,5)24(30)10-11-31(25,7)32(8)13-15-33(20-36-9)14-12-28(2,3)18-23(33)26(21)32/h17,23-26H,1,10-16,18,20H2,2-9H3/t23?,24-,25+,26?,30-,31?,32+,33+/m0/s1. The molecule has 0 aromatic carbocycles. The molecule has 4 fully saturated rings. The van der Waals surface area contributed by atoms with Crippen LogP contribution in [0.15, 0.2) is 23.8 Å². The van der Waals surface area contributed by atoms with E-state index < -0.39 is 5.41 Å². The summed E-state index contributed by atoms with van der Waals surface area (Å²) in [7, 11) is 1.89. The number of Topliss-reactive ketones (excluding diaryl/α,β-unsaturated/α-hetero) is 1. The van der Waals surface area contributed by atoms with Crippen molar-refractivity contribution in [2.45, 2.75) is 99.8 Å². The van der Waals surface area contributed by atoms with Crippen molar-refractivity contribution in [3.8, 4) is 6.07 Å². The third-order valence-corrected chi connectivity index (χ3v) is 13.2. The Kier molecular flexibility index (Phi) is 5.69. The van der Waals surface area contributed by atoms with Crippen molar-refractivity contribution in [1.82, 2.24) is 0 Å². The van der Waals surface area contributed by atoms with Gasteiger partial charge in [-0.05, 0) is 102 Å². The first-order chi connectivity index (χ1) is 16.6. The van der Waals surface area contributed by atoms with E-state index >= 15 is 0 Å².